The number of anilines is 1. The summed E-state index contributed by atoms with van der Waals surface area (Å²) in [4.78, 5) is 20.0. The second-order valence-corrected chi connectivity index (χ2v) is 4.63. The van der Waals surface area contributed by atoms with Crippen molar-refractivity contribution in [3.8, 4) is 0 Å². The number of aryl methyl sites for hydroxylation is 1. The van der Waals surface area contributed by atoms with Gasteiger partial charge < -0.3 is 11.1 Å². The van der Waals surface area contributed by atoms with Crippen molar-refractivity contribution in [3.63, 3.8) is 0 Å². The molecule has 6 heteroatoms. The van der Waals surface area contributed by atoms with Gasteiger partial charge in [0.1, 0.15) is 5.82 Å². The third-order valence-corrected chi connectivity index (χ3v) is 3.02. The highest BCUT2D eigenvalue weighted by atomic mass is 32.1. The molecular weight excluding hydrogens is 248 g/mol. The van der Waals surface area contributed by atoms with Gasteiger partial charge in [-0.3, -0.25) is 4.79 Å². The minimum absolute atomic E-state index is 0.137. The van der Waals surface area contributed by atoms with E-state index in [1.807, 2.05) is 12.3 Å². The van der Waals surface area contributed by atoms with Crippen molar-refractivity contribution in [1.82, 2.24) is 15.3 Å². The zero-order valence-electron chi connectivity index (χ0n) is 10.0. The van der Waals surface area contributed by atoms with E-state index in [2.05, 4.69) is 15.3 Å². The lowest BCUT2D eigenvalue weighted by molar-refractivity contribution is 0.0954. The van der Waals surface area contributed by atoms with Crippen molar-refractivity contribution in [3.05, 3.63) is 40.0 Å². The van der Waals surface area contributed by atoms with E-state index in [-0.39, 0.29) is 5.91 Å². The zero-order chi connectivity index (χ0) is 13.0. The number of pyridine rings is 1. The average molecular weight is 262 g/mol. The highest BCUT2D eigenvalue weighted by Gasteiger charge is 2.07. The Kier molecular flexibility index (Phi) is 3.88. The van der Waals surface area contributed by atoms with Crippen LogP contribution >= 0.6 is 11.3 Å². The largest absolute Gasteiger partial charge is 0.384 e. The van der Waals surface area contributed by atoms with Crippen molar-refractivity contribution in [2.24, 2.45) is 0 Å². The summed E-state index contributed by atoms with van der Waals surface area (Å²) in [5.41, 5.74) is 9.65. The number of nitrogens with one attached hydrogen (secondary N) is 1. The van der Waals surface area contributed by atoms with E-state index in [0.29, 0.717) is 17.9 Å². The van der Waals surface area contributed by atoms with Gasteiger partial charge in [-0.15, -0.1) is 11.3 Å². The summed E-state index contributed by atoms with van der Waals surface area (Å²) >= 11 is 1.55. The first-order valence-electron chi connectivity index (χ1n) is 5.54. The molecule has 0 aromatic carbocycles. The van der Waals surface area contributed by atoms with Crippen LogP contribution in [0.5, 0.6) is 0 Å². The van der Waals surface area contributed by atoms with Gasteiger partial charge in [-0.05, 0) is 19.1 Å². The Morgan fingerprint density at radius 2 is 2.33 bits per heavy atom. The van der Waals surface area contributed by atoms with Crippen LogP contribution in [0.15, 0.2) is 23.0 Å². The van der Waals surface area contributed by atoms with E-state index >= 15 is 0 Å². The van der Waals surface area contributed by atoms with Gasteiger partial charge in [0.2, 0.25) is 0 Å². The molecule has 18 heavy (non-hydrogen) atoms. The molecule has 3 N–H and O–H groups in total. The van der Waals surface area contributed by atoms with Crippen LogP contribution < -0.4 is 11.1 Å². The molecule has 0 spiro atoms. The fourth-order valence-electron chi connectivity index (χ4n) is 1.59. The summed E-state index contributed by atoms with van der Waals surface area (Å²) in [5.74, 6) is 0.224. The summed E-state index contributed by atoms with van der Waals surface area (Å²) in [6.07, 6.45) is 0.731. The summed E-state index contributed by atoms with van der Waals surface area (Å²) < 4.78 is 0. The van der Waals surface area contributed by atoms with Gasteiger partial charge in [-0.1, -0.05) is 0 Å². The van der Waals surface area contributed by atoms with Gasteiger partial charge in [0.25, 0.3) is 5.91 Å². The number of rotatable bonds is 4. The molecule has 0 saturated carbocycles. The van der Waals surface area contributed by atoms with E-state index < -0.39 is 0 Å². The highest BCUT2D eigenvalue weighted by molar-refractivity contribution is 7.07. The first kappa shape index (κ1) is 12.5. The molecule has 5 nitrogen and oxygen atoms in total. The standard InChI is InChI=1S/C12H14N4OS/c1-8-4-9(5-11(13)16-8)12(17)14-3-2-10-6-18-7-15-10/h4-7H,2-3H2,1H3,(H2,13,16)(H,14,17). The smallest absolute Gasteiger partial charge is 0.251 e. The number of carbonyl (C=O) groups excluding carboxylic acids is 1. The van der Waals surface area contributed by atoms with E-state index in [1.165, 1.54) is 0 Å². The lowest BCUT2D eigenvalue weighted by Gasteiger charge is -2.05. The van der Waals surface area contributed by atoms with Crippen LogP contribution in [0, 0.1) is 6.92 Å². The highest BCUT2D eigenvalue weighted by Crippen LogP contribution is 2.07. The quantitative estimate of drug-likeness (QED) is 0.872. The zero-order valence-corrected chi connectivity index (χ0v) is 10.8. The predicted molar refractivity (Wildman–Crippen MR) is 71.5 cm³/mol. The molecule has 2 aromatic heterocycles. The summed E-state index contributed by atoms with van der Waals surface area (Å²) in [5, 5.41) is 4.81. The molecule has 0 bridgehead atoms. The lowest BCUT2D eigenvalue weighted by Crippen LogP contribution is -2.26. The Labute approximate surface area is 109 Å². The number of nitrogen functional groups attached to an aromatic ring is 1. The molecule has 0 aliphatic rings. The molecule has 0 aliphatic carbocycles. The van der Waals surface area contributed by atoms with Crippen LogP contribution in [0.25, 0.3) is 0 Å². The van der Waals surface area contributed by atoms with Crippen LogP contribution in [0.3, 0.4) is 0 Å². The SMILES string of the molecule is Cc1cc(C(=O)NCCc2cscn2)cc(N)n1. The molecular formula is C12H14N4OS. The number of hydrogen-bond donors (Lipinski definition) is 2. The Balaban J connectivity index is 1.91. The predicted octanol–water partition coefficient (Wildman–Crippen LogP) is 1.40. The molecule has 2 heterocycles. The van der Waals surface area contributed by atoms with Gasteiger partial charge in [0, 0.05) is 29.6 Å². The number of nitrogens with zero attached hydrogens (tertiary/aromatic N) is 2. The molecule has 0 unspecified atom stereocenters. The summed E-state index contributed by atoms with van der Waals surface area (Å²) in [7, 11) is 0. The fourth-order valence-corrected chi connectivity index (χ4v) is 2.19. The normalized spacial score (nSPS) is 10.3. The van der Waals surface area contributed by atoms with E-state index in [4.69, 9.17) is 5.73 Å². The van der Waals surface area contributed by atoms with Crippen LogP contribution in [0.4, 0.5) is 5.82 Å². The summed E-state index contributed by atoms with van der Waals surface area (Å²) in [6, 6.07) is 3.29. The third kappa shape index (κ3) is 3.27. The molecule has 1 amide bonds. The summed E-state index contributed by atoms with van der Waals surface area (Å²) in [6.45, 7) is 2.37. The molecule has 0 radical (unpaired) electrons. The maximum Gasteiger partial charge on any atom is 0.251 e. The third-order valence-electron chi connectivity index (χ3n) is 2.39. The van der Waals surface area contributed by atoms with Crippen molar-refractivity contribution in [2.45, 2.75) is 13.3 Å². The van der Waals surface area contributed by atoms with Gasteiger partial charge in [-0.2, -0.15) is 0 Å². The Morgan fingerprint density at radius 3 is 3.00 bits per heavy atom. The number of nitrogens with two attached hydrogens (primary N) is 1. The molecule has 0 saturated heterocycles. The molecule has 94 valence electrons. The average Bonchev–Trinajstić information content (AvgIpc) is 2.80. The minimum Gasteiger partial charge on any atom is -0.384 e. The second-order valence-electron chi connectivity index (χ2n) is 3.91. The Morgan fingerprint density at radius 1 is 1.50 bits per heavy atom. The van der Waals surface area contributed by atoms with Gasteiger partial charge in [0.15, 0.2) is 0 Å². The van der Waals surface area contributed by atoms with Gasteiger partial charge in [-0.25, -0.2) is 9.97 Å². The van der Waals surface area contributed by atoms with E-state index in [0.717, 1.165) is 17.8 Å². The number of carbonyl (C=O) groups is 1. The molecule has 0 aliphatic heterocycles. The number of thiazole rings is 1. The number of hydrogen-bond acceptors (Lipinski definition) is 5. The molecule has 0 fully saturated rings. The van der Waals surface area contributed by atoms with Crippen LogP contribution in [0.2, 0.25) is 0 Å². The maximum atomic E-state index is 11.9. The lowest BCUT2D eigenvalue weighted by atomic mass is 10.2. The molecule has 2 aromatic rings. The van der Waals surface area contributed by atoms with Gasteiger partial charge >= 0.3 is 0 Å². The van der Waals surface area contributed by atoms with Crippen molar-refractivity contribution in [1.29, 1.82) is 0 Å². The fraction of sp³-hybridized carbons (Fsp3) is 0.250. The first-order chi connectivity index (χ1) is 8.65. The van der Waals surface area contributed by atoms with Crippen LogP contribution in [-0.4, -0.2) is 22.4 Å². The minimum atomic E-state index is -0.137. The first-order valence-corrected chi connectivity index (χ1v) is 6.49. The van der Waals surface area contributed by atoms with Crippen molar-refractivity contribution >= 4 is 23.1 Å². The van der Waals surface area contributed by atoms with E-state index in [1.54, 1.807) is 29.0 Å². The van der Waals surface area contributed by atoms with Crippen molar-refractivity contribution in [2.75, 3.05) is 12.3 Å². The number of aromatic nitrogens is 2. The monoisotopic (exact) mass is 262 g/mol. The van der Waals surface area contributed by atoms with Crippen LogP contribution in [-0.2, 0) is 6.42 Å². The van der Waals surface area contributed by atoms with Crippen LogP contribution in [0.1, 0.15) is 21.7 Å². The van der Waals surface area contributed by atoms with E-state index in [9.17, 15) is 4.79 Å². The number of amides is 1. The van der Waals surface area contributed by atoms with Crippen molar-refractivity contribution < 1.29 is 4.79 Å². The molecule has 2 rings (SSSR count). The molecule has 0 atom stereocenters. The topological polar surface area (TPSA) is 80.9 Å². The second kappa shape index (κ2) is 5.59. The maximum absolute atomic E-state index is 11.9. The van der Waals surface area contributed by atoms with Gasteiger partial charge in [0.05, 0.1) is 11.2 Å². The Hall–Kier alpha value is -1.95. The Bertz CT molecular complexity index is 519.